The average Bonchev–Trinajstić information content (AvgIpc) is 3.34. The van der Waals surface area contributed by atoms with E-state index in [1.807, 2.05) is 30.1 Å². The van der Waals surface area contributed by atoms with E-state index < -0.39 is 10.0 Å². The summed E-state index contributed by atoms with van der Waals surface area (Å²) in [4.78, 5) is 17.0. The highest BCUT2D eigenvalue weighted by atomic mass is 32.2. The largest absolute Gasteiger partial charge is 0.485 e. The van der Waals surface area contributed by atoms with Gasteiger partial charge < -0.3 is 15.0 Å². The zero-order valence-corrected chi connectivity index (χ0v) is 20.1. The molecule has 4 rings (SSSR count). The Labute approximate surface area is 196 Å². The quantitative estimate of drug-likeness (QED) is 0.636. The van der Waals surface area contributed by atoms with Gasteiger partial charge in [-0.25, -0.2) is 8.42 Å². The van der Waals surface area contributed by atoms with Gasteiger partial charge in [-0.15, -0.1) is 0 Å². The van der Waals surface area contributed by atoms with Crippen LogP contribution in [0.2, 0.25) is 0 Å². The van der Waals surface area contributed by atoms with Gasteiger partial charge in [0.25, 0.3) is 0 Å². The average molecular weight is 473 g/mol. The molecule has 0 bridgehead atoms. The summed E-state index contributed by atoms with van der Waals surface area (Å²) in [7, 11) is -1.56. The summed E-state index contributed by atoms with van der Waals surface area (Å²) in [6.45, 7) is 5.75. The van der Waals surface area contributed by atoms with Crippen molar-refractivity contribution in [3.8, 4) is 5.75 Å². The van der Waals surface area contributed by atoms with Crippen molar-refractivity contribution in [1.82, 2.24) is 9.21 Å². The third-order valence-electron chi connectivity index (χ3n) is 6.08. The van der Waals surface area contributed by atoms with Crippen molar-refractivity contribution in [3.05, 3.63) is 48.5 Å². The number of para-hydroxylation sites is 2. The number of fused-ring (bicyclic) bond motifs is 1. The molecule has 33 heavy (non-hydrogen) atoms. The molecule has 1 unspecified atom stereocenters. The molecule has 1 saturated heterocycles. The van der Waals surface area contributed by atoms with Gasteiger partial charge >= 0.3 is 0 Å². The molecule has 1 fully saturated rings. The Morgan fingerprint density at radius 1 is 1.12 bits per heavy atom. The second kappa shape index (κ2) is 10.1. The van der Waals surface area contributed by atoms with Crippen LogP contribution < -0.4 is 15.0 Å². The van der Waals surface area contributed by atoms with Gasteiger partial charge in [0.2, 0.25) is 15.9 Å². The number of benzene rings is 2. The summed E-state index contributed by atoms with van der Waals surface area (Å²) >= 11 is 0. The summed E-state index contributed by atoms with van der Waals surface area (Å²) in [6, 6.07) is 14.4. The summed E-state index contributed by atoms with van der Waals surface area (Å²) < 4.78 is 32.9. The smallest absolute Gasteiger partial charge is 0.243 e. The summed E-state index contributed by atoms with van der Waals surface area (Å²) in [6.07, 6.45) is 1.76. The van der Waals surface area contributed by atoms with Crippen LogP contribution in [0, 0.1) is 0 Å². The van der Waals surface area contributed by atoms with Crippen LogP contribution in [0.3, 0.4) is 0 Å². The van der Waals surface area contributed by atoms with Gasteiger partial charge in [-0.3, -0.25) is 9.69 Å². The van der Waals surface area contributed by atoms with E-state index in [1.165, 1.54) is 4.31 Å². The number of nitrogens with one attached hydrogen (secondary N) is 1. The molecule has 0 saturated carbocycles. The first-order valence-electron chi connectivity index (χ1n) is 11.5. The normalized spacial score (nSPS) is 18.8. The summed E-state index contributed by atoms with van der Waals surface area (Å²) in [5.74, 6) is 0.716. The van der Waals surface area contributed by atoms with Crippen LogP contribution in [0.1, 0.15) is 19.8 Å². The van der Waals surface area contributed by atoms with E-state index in [1.54, 1.807) is 24.3 Å². The zero-order chi connectivity index (χ0) is 23.4. The minimum absolute atomic E-state index is 0.0345. The number of likely N-dealkylation sites (N-methyl/N-ethyl adjacent to an activating group) is 2. The maximum Gasteiger partial charge on any atom is 0.243 e. The van der Waals surface area contributed by atoms with Gasteiger partial charge in [-0.2, -0.15) is 4.31 Å². The van der Waals surface area contributed by atoms with Crippen molar-refractivity contribution >= 4 is 27.3 Å². The zero-order valence-electron chi connectivity index (χ0n) is 19.2. The number of carbonyl (C=O) groups is 1. The Bertz CT molecular complexity index is 1070. The fourth-order valence-corrected chi connectivity index (χ4v) is 5.94. The fourth-order valence-electron chi connectivity index (χ4n) is 4.42. The van der Waals surface area contributed by atoms with Gasteiger partial charge in [0.05, 0.1) is 23.7 Å². The number of rotatable bonds is 8. The molecule has 9 heteroatoms. The molecule has 178 valence electrons. The van der Waals surface area contributed by atoms with Gasteiger partial charge in [0.1, 0.15) is 11.9 Å². The number of hydrogen-bond donors (Lipinski definition) is 1. The molecule has 1 N–H and O–H groups in total. The molecule has 2 aliphatic heterocycles. The number of sulfonamides is 1. The van der Waals surface area contributed by atoms with Crippen LogP contribution in [0.4, 0.5) is 11.4 Å². The Morgan fingerprint density at radius 2 is 1.82 bits per heavy atom. The minimum Gasteiger partial charge on any atom is -0.485 e. The fraction of sp³-hybridized carbons (Fsp3) is 0.458. The Kier molecular flexibility index (Phi) is 7.21. The van der Waals surface area contributed by atoms with Crippen LogP contribution >= 0.6 is 0 Å². The van der Waals surface area contributed by atoms with Crippen LogP contribution in [0.25, 0.3) is 0 Å². The number of carbonyl (C=O) groups excluding carboxylic acids is 1. The topological polar surface area (TPSA) is 82.2 Å². The Balaban J connectivity index is 1.30. The van der Waals surface area contributed by atoms with Crippen molar-refractivity contribution in [2.45, 2.75) is 30.8 Å². The minimum atomic E-state index is -3.45. The maximum atomic E-state index is 12.6. The third-order valence-corrected chi connectivity index (χ3v) is 7.99. The molecule has 1 amide bonds. The summed E-state index contributed by atoms with van der Waals surface area (Å²) in [5, 5.41) is 2.85. The monoisotopic (exact) mass is 472 g/mol. The third kappa shape index (κ3) is 5.48. The van der Waals surface area contributed by atoms with E-state index in [0.29, 0.717) is 25.3 Å². The highest BCUT2D eigenvalue weighted by Gasteiger charge is 2.27. The molecule has 2 aliphatic rings. The molecular weight excluding hydrogens is 440 g/mol. The van der Waals surface area contributed by atoms with Crippen molar-refractivity contribution in [3.63, 3.8) is 0 Å². The van der Waals surface area contributed by atoms with Crippen LogP contribution in [-0.4, -0.2) is 76.0 Å². The van der Waals surface area contributed by atoms with Crippen molar-refractivity contribution in [1.29, 1.82) is 0 Å². The van der Waals surface area contributed by atoms with E-state index in [4.69, 9.17) is 4.74 Å². The van der Waals surface area contributed by atoms with E-state index in [-0.39, 0.29) is 23.5 Å². The molecular formula is C24H32N4O4S. The lowest BCUT2D eigenvalue weighted by molar-refractivity contribution is -0.117. The SMILES string of the molecule is CCN1CC(CN(C)CC(=O)Nc2ccc(S(=O)(=O)N3CCCC3)cc2)Oc2ccccc21. The van der Waals surface area contributed by atoms with Crippen LogP contribution in [0.15, 0.2) is 53.4 Å². The first-order valence-corrected chi connectivity index (χ1v) is 12.9. The number of anilines is 2. The van der Waals surface area contributed by atoms with Gasteiger partial charge in [-0.05, 0) is 63.2 Å². The lowest BCUT2D eigenvalue weighted by atomic mass is 10.2. The molecule has 1 atom stereocenters. The predicted octanol–water partition coefficient (Wildman–Crippen LogP) is 2.63. The number of amides is 1. The van der Waals surface area contributed by atoms with Crippen LogP contribution in [-0.2, 0) is 14.8 Å². The van der Waals surface area contributed by atoms with Crippen LogP contribution in [0.5, 0.6) is 5.75 Å². The standard InChI is InChI=1S/C24H32N4O4S/c1-3-27-17-20(32-23-9-5-4-8-22(23)27)16-26(2)18-24(29)25-19-10-12-21(13-11-19)33(30,31)28-14-6-7-15-28/h4-5,8-13,20H,3,6-7,14-18H2,1-2H3,(H,25,29). The molecule has 2 aromatic carbocycles. The van der Waals surface area contributed by atoms with E-state index in [0.717, 1.165) is 37.4 Å². The van der Waals surface area contributed by atoms with Gasteiger partial charge in [0.15, 0.2) is 0 Å². The lowest BCUT2D eigenvalue weighted by Crippen LogP contribution is -2.46. The molecule has 8 nitrogen and oxygen atoms in total. The molecule has 0 spiro atoms. The number of hydrogen-bond acceptors (Lipinski definition) is 6. The van der Waals surface area contributed by atoms with E-state index in [9.17, 15) is 13.2 Å². The highest BCUT2D eigenvalue weighted by Crippen LogP contribution is 2.32. The second-order valence-electron chi connectivity index (χ2n) is 8.63. The molecule has 0 aliphatic carbocycles. The maximum absolute atomic E-state index is 12.6. The predicted molar refractivity (Wildman–Crippen MR) is 129 cm³/mol. The Morgan fingerprint density at radius 3 is 2.52 bits per heavy atom. The van der Waals surface area contributed by atoms with Crippen molar-refractivity contribution < 1.29 is 17.9 Å². The molecule has 0 aromatic heterocycles. The lowest BCUT2D eigenvalue weighted by Gasteiger charge is -2.37. The van der Waals surface area contributed by atoms with E-state index >= 15 is 0 Å². The molecule has 2 aromatic rings. The Hall–Kier alpha value is -2.62. The molecule has 2 heterocycles. The first kappa shape index (κ1) is 23.5. The van der Waals surface area contributed by atoms with Crippen molar-refractivity contribution in [2.24, 2.45) is 0 Å². The highest BCUT2D eigenvalue weighted by molar-refractivity contribution is 7.89. The second-order valence-corrected chi connectivity index (χ2v) is 10.6. The van der Waals surface area contributed by atoms with Gasteiger partial charge in [-0.1, -0.05) is 12.1 Å². The van der Waals surface area contributed by atoms with Gasteiger partial charge in [0, 0.05) is 31.9 Å². The first-order chi connectivity index (χ1) is 15.9. The molecule has 0 radical (unpaired) electrons. The van der Waals surface area contributed by atoms with Crippen molar-refractivity contribution in [2.75, 3.05) is 56.5 Å². The number of nitrogens with zero attached hydrogens (tertiary/aromatic N) is 3. The number of ether oxygens (including phenoxy) is 1. The van der Waals surface area contributed by atoms with E-state index in [2.05, 4.69) is 23.2 Å². The summed E-state index contributed by atoms with van der Waals surface area (Å²) in [5.41, 5.74) is 1.68.